The molecule has 0 spiro atoms. The number of aryl methyl sites for hydroxylation is 1. The first-order chi connectivity index (χ1) is 7.84. The molecule has 3 rings (SSSR count). The Morgan fingerprint density at radius 2 is 2.38 bits per heavy atom. The van der Waals surface area contributed by atoms with Crippen LogP contribution in [0.3, 0.4) is 0 Å². The van der Waals surface area contributed by atoms with Crippen molar-refractivity contribution in [2.45, 2.75) is 6.92 Å². The van der Waals surface area contributed by atoms with Crippen molar-refractivity contribution in [3.05, 3.63) is 23.3 Å². The standard InChI is InChI=1S/C9H7N5OS/c1-5-2-3-16-6(5)9-12-8(14-15-9)7-10-4-11-13-7/h2-4H,1H3,(H,10,11,13). The van der Waals surface area contributed by atoms with E-state index in [0.29, 0.717) is 17.5 Å². The summed E-state index contributed by atoms with van der Waals surface area (Å²) in [5.74, 6) is 1.43. The monoisotopic (exact) mass is 233 g/mol. The lowest BCUT2D eigenvalue weighted by molar-refractivity contribution is 0.432. The van der Waals surface area contributed by atoms with Gasteiger partial charge in [-0.3, -0.25) is 5.10 Å². The predicted molar refractivity (Wildman–Crippen MR) is 57.7 cm³/mol. The van der Waals surface area contributed by atoms with E-state index in [2.05, 4.69) is 25.3 Å². The number of thiophene rings is 1. The maximum absolute atomic E-state index is 5.18. The van der Waals surface area contributed by atoms with Gasteiger partial charge < -0.3 is 4.52 Å². The van der Waals surface area contributed by atoms with Crippen LogP contribution in [0.2, 0.25) is 0 Å². The third-order valence-electron chi connectivity index (χ3n) is 2.11. The number of hydrogen-bond donors (Lipinski definition) is 1. The summed E-state index contributed by atoms with van der Waals surface area (Å²) in [6, 6.07) is 2.01. The molecule has 3 aromatic rings. The Balaban J connectivity index is 2.03. The fourth-order valence-corrected chi connectivity index (χ4v) is 2.16. The van der Waals surface area contributed by atoms with Crippen molar-refractivity contribution in [2.75, 3.05) is 0 Å². The van der Waals surface area contributed by atoms with Crippen LogP contribution in [0.25, 0.3) is 22.4 Å². The van der Waals surface area contributed by atoms with Crippen LogP contribution in [-0.4, -0.2) is 25.3 Å². The second-order valence-corrected chi connectivity index (χ2v) is 4.11. The van der Waals surface area contributed by atoms with Crippen molar-refractivity contribution >= 4 is 11.3 Å². The minimum absolute atomic E-state index is 0.417. The molecule has 0 saturated heterocycles. The summed E-state index contributed by atoms with van der Waals surface area (Å²) in [7, 11) is 0. The molecule has 0 atom stereocenters. The molecule has 0 bridgehead atoms. The Morgan fingerprint density at radius 3 is 3.06 bits per heavy atom. The van der Waals surface area contributed by atoms with Crippen LogP contribution >= 0.6 is 11.3 Å². The number of nitrogens with zero attached hydrogens (tertiary/aromatic N) is 4. The maximum Gasteiger partial charge on any atom is 0.268 e. The van der Waals surface area contributed by atoms with Gasteiger partial charge in [-0.2, -0.15) is 10.1 Å². The van der Waals surface area contributed by atoms with Gasteiger partial charge in [0.25, 0.3) is 5.89 Å². The Hall–Kier alpha value is -2.02. The number of hydrogen-bond acceptors (Lipinski definition) is 6. The molecule has 3 aromatic heterocycles. The number of H-pyrrole nitrogens is 1. The van der Waals surface area contributed by atoms with E-state index >= 15 is 0 Å². The highest BCUT2D eigenvalue weighted by Gasteiger charge is 2.14. The second-order valence-electron chi connectivity index (χ2n) is 3.19. The molecule has 7 heteroatoms. The first-order valence-corrected chi connectivity index (χ1v) is 5.46. The first kappa shape index (κ1) is 9.22. The van der Waals surface area contributed by atoms with Gasteiger partial charge in [-0.15, -0.1) is 11.3 Å². The molecule has 1 N–H and O–H groups in total. The Labute approximate surface area is 94.4 Å². The van der Waals surface area contributed by atoms with Gasteiger partial charge in [0.05, 0.1) is 4.88 Å². The summed E-state index contributed by atoms with van der Waals surface area (Å²) in [4.78, 5) is 9.19. The molecule has 0 fully saturated rings. The van der Waals surface area contributed by atoms with Crippen LogP contribution in [0.15, 0.2) is 22.3 Å². The Morgan fingerprint density at radius 1 is 1.44 bits per heavy atom. The molecule has 0 saturated carbocycles. The van der Waals surface area contributed by atoms with Crippen molar-refractivity contribution in [1.29, 1.82) is 0 Å². The van der Waals surface area contributed by atoms with E-state index in [4.69, 9.17) is 4.52 Å². The molecule has 0 aliphatic heterocycles. The van der Waals surface area contributed by atoms with E-state index in [-0.39, 0.29) is 0 Å². The minimum atomic E-state index is 0.417. The van der Waals surface area contributed by atoms with Gasteiger partial charge in [-0.1, -0.05) is 5.16 Å². The highest BCUT2D eigenvalue weighted by molar-refractivity contribution is 7.13. The molecule has 3 heterocycles. The lowest BCUT2D eigenvalue weighted by atomic mass is 10.3. The van der Waals surface area contributed by atoms with Crippen LogP contribution in [0.5, 0.6) is 0 Å². The molecule has 0 aromatic carbocycles. The smallest absolute Gasteiger partial charge is 0.268 e. The van der Waals surface area contributed by atoms with Crippen LogP contribution in [0.1, 0.15) is 5.56 Å². The van der Waals surface area contributed by atoms with Crippen LogP contribution in [-0.2, 0) is 0 Å². The highest BCUT2D eigenvalue weighted by atomic mass is 32.1. The summed E-state index contributed by atoms with van der Waals surface area (Å²) in [5, 5.41) is 12.2. The molecule has 0 radical (unpaired) electrons. The third kappa shape index (κ3) is 1.41. The van der Waals surface area contributed by atoms with Gasteiger partial charge in [0.15, 0.2) is 5.82 Å². The van der Waals surface area contributed by atoms with Gasteiger partial charge in [0, 0.05) is 0 Å². The number of nitrogens with one attached hydrogen (secondary N) is 1. The van der Waals surface area contributed by atoms with E-state index in [0.717, 1.165) is 10.4 Å². The quantitative estimate of drug-likeness (QED) is 0.731. The summed E-state index contributed by atoms with van der Waals surface area (Å²) in [5.41, 5.74) is 1.12. The number of rotatable bonds is 2. The third-order valence-corrected chi connectivity index (χ3v) is 3.11. The molecular weight excluding hydrogens is 226 g/mol. The van der Waals surface area contributed by atoms with E-state index in [1.807, 2.05) is 18.4 Å². The van der Waals surface area contributed by atoms with Crippen molar-refractivity contribution in [3.63, 3.8) is 0 Å². The lowest BCUT2D eigenvalue weighted by Crippen LogP contribution is -1.83. The van der Waals surface area contributed by atoms with E-state index in [9.17, 15) is 0 Å². The van der Waals surface area contributed by atoms with Gasteiger partial charge in [0.2, 0.25) is 5.82 Å². The first-order valence-electron chi connectivity index (χ1n) is 4.58. The lowest BCUT2D eigenvalue weighted by Gasteiger charge is -1.88. The van der Waals surface area contributed by atoms with Crippen molar-refractivity contribution < 1.29 is 4.52 Å². The van der Waals surface area contributed by atoms with Crippen LogP contribution in [0, 0.1) is 6.92 Å². The van der Waals surface area contributed by atoms with Gasteiger partial charge >= 0.3 is 0 Å². The van der Waals surface area contributed by atoms with Gasteiger partial charge in [-0.05, 0) is 23.9 Å². The van der Waals surface area contributed by atoms with E-state index < -0.39 is 0 Å². The maximum atomic E-state index is 5.18. The van der Waals surface area contributed by atoms with Crippen molar-refractivity contribution in [2.24, 2.45) is 0 Å². The second kappa shape index (κ2) is 3.53. The molecule has 0 amide bonds. The van der Waals surface area contributed by atoms with Crippen LogP contribution < -0.4 is 0 Å². The average molecular weight is 233 g/mol. The molecule has 0 aliphatic carbocycles. The topological polar surface area (TPSA) is 80.5 Å². The van der Waals surface area contributed by atoms with Crippen molar-refractivity contribution in [1.82, 2.24) is 25.3 Å². The minimum Gasteiger partial charge on any atom is -0.333 e. The van der Waals surface area contributed by atoms with E-state index in [1.54, 1.807) is 11.3 Å². The molecule has 80 valence electrons. The zero-order valence-corrected chi connectivity index (χ0v) is 9.15. The largest absolute Gasteiger partial charge is 0.333 e. The number of aromatic amines is 1. The summed E-state index contributed by atoms with van der Waals surface area (Å²) in [6.45, 7) is 2.00. The van der Waals surface area contributed by atoms with E-state index in [1.165, 1.54) is 6.33 Å². The predicted octanol–water partition coefficient (Wildman–Crippen LogP) is 1.89. The SMILES string of the molecule is Cc1ccsc1-c1nc(-c2ncn[nH]2)no1. The molecule has 0 unspecified atom stereocenters. The summed E-state index contributed by atoms with van der Waals surface area (Å²) < 4.78 is 5.18. The molecule has 16 heavy (non-hydrogen) atoms. The summed E-state index contributed by atoms with van der Waals surface area (Å²) in [6.07, 6.45) is 1.40. The van der Waals surface area contributed by atoms with Gasteiger partial charge in [0.1, 0.15) is 6.33 Å². The Bertz CT molecular complexity index is 597. The highest BCUT2D eigenvalue weighted by Crippen LogP contribution is 2.28. The Kier molecular flexibility index (Phi) is 2.03. The molecular formula is C9H7N5OS. The van der Waals surface area contributed by atoms with Crippen LogP contribution in [0.4, 0.5) is 0 Å². The normalized spacial score (nSPS) is 10.8. The zero-order valence-electron chi connectivity index (χ0n) is 8.34. The zero-order chi connectivity index (χ0) is 11.0. The van der Waals surface area contributed by atoms with Gasteiger partial charge in [-0.25, -0.2) is 4.98 Å². The molecule has 6 nitrogen and oxygen atoms in total. The number of aromatic nitrogens is 5. The average Bonchev–Trinajstić information content (AvgIpc) is 2.96. The fraction of sp³-hybridized carbons (Fsp3) is 0.111. The molecule has 0 aliphatic rings. The fourth-order valence-electron chi connectivity index (χ4n) is 1.32. The summed E-state index contributed by atoms with van der Waals surface area (Å²) >= 11 is 1.57. The van der Waals surface area contributed by atoms with Crippen molar-refractivity contribution in [3.8, 4) is 22.4 Å².